The predicted molar refractivity (Wildman–Crippen MR) is 72.2 cm³/mol. The van der Waals surface area contributed by atoms with Crippen molar-refractivity contribution >= 4 is 11.9 Å². The number of amides is 1. The summed E-state index contributed by atoms with van der Waals surface area (Å²) in [4.78, 5) is 22.3. The van der Waals surface area contributed by atoms with Gasteiger partial charge in [-0.1, -0.05) is 20.8 Å². The molecular weight excluding hydrogens is 244 g/mol. The zero-order chi connectivity index (χ0) is 14.0. The molecule has 1 aromatic heterocycles. The molecular formula is C13H20N4O2. The molecule has 0 saturated carbocycles. The Morgan fingerprint density at radius 2 is 1.95 bits per heavy atom. The molecule has 0 radical (unpaired) electrons. The highest BCUT2D eigenvalue weighted by Gasteiger charge is 2.32. The first kappa shape index (κ1) is 13.6. The van der Waals surface area contributed by atoms with Gasteiger partial charge in [0.05, 0.1) is 25.5 Å². The van der Waals surface area contributed by atoms with Gasteiger partial charge < -0.3 is 15.0 Å². The molecule has 0 aliphatic carbocycles. The number of carbonyl (C=O) groups excluding carboxylic acids is 1. The summed E-state index contributed by atoms with van der Waals surface area (Å²) >= 11 is 0. The van der Waals surface area contributed by atoms with Crippen LogP contribution in [0, 0.1) is 5.41 Å². The minimum atomic E-state index is -0.350. The van der Waals surface area contributed by atoms with E-state index < -0.39 is 0 Å². The molecule has 6 nitrogen and oxygen atoms in total. The fourth-order valence-corrected chi connectivity index (χ4v) is 1.71. The van der Waals surface area contributed by atoms with E-state index in [-0.39, 0.29) is 17.4 Å². The second kappa shape index (κ2) is 5.03. The zero-order valence-electron chi connectivity index (χ0n) is 11.8. The first-order valence-corrected chi connectivity index (χ1v) is 6.32. The first-order valence-electron chi connectivity index (χ1n) is 6.32. The van der Waals surface area contributed by atoms with Crippen molar-refractivity contribution in [2.24, 2.45) is 5.41 Å². The summed E-state index contributed by atoms with van der Waals surface area (Å²) in [5.41, 5.74) is -0.350. The minimum Gasteiger partial charge on any atom is -0.494 e. The summed E-state index contributed by atoms with van der Waals surface area (Å²) in [5.74, 6) is 1.39. The maximum atomic E-state index is 11.8. The van der Waals surface area contributed by atoms with Gasteiger partial charge in [0.25, 0.3) is 0 Å². The second-order valence-corrected chi connectivity index (χ2v) is 5.75. The molecule has 1 saturated heterocycles. The van der Waals surface area contributed by atoms with Crippen molar-refractivity contribution in [3.8, 4) is 5.75 Å². The monoisotopic (exact) mass is 264 g/mol. The van der Waals surface area contributed by atoms with Crippen molar-refractivity contribution < 1.29 is 9.53 Å². The quantitative estimate of drug-likeness (QED) is 0.876. The molecule has 1 fully saturated rings. The number of nitrogens with one attached hydrogen (secondary N) is 1. The molecule has 0 unspecified atom stereocenters. The number of rotatable bonds is 3. The third kappa shape index (κ3) is 3.13. The summed E-state index contributed by atoms with van der Waals surface area (Å²) in [7, 11) is 1.58. The Hall–Kier alpha value is -1.85. The molecule has 19 heavy (non-hydrogen) atoms. The smallest absolute Gasteiger partial charge is 0.225 e. The molecule has 0 spiro atoms. The third-order valence-corrected chi connectivity index (χ3v) is 3.03. The van der Waals surface area contributed by atoms with Crippen LogP contribution in [0.1, 0.15) is 20.8 Å². The van der Waals surface area contributed by atoms with E-state index in [4.69, 9.17) is 4.74 Å². The summed E-state index contributed by atoms with van der Waals surface area (Å²) < 4.78 is 5.01. The van der Waals surface area contributed by atoms with Crippen molar-refractivity contribution in [3.63, 3.8) is 0 Å². The number of aromatic nitrogens is 2. The van der Waals surface area contributed by atoms with Crippen LogP contribution >= 0.6 is 0 Å². The number of methoxy groups -OCH3 is 1. The van der Waals surface area contributed by atoms with Crippen molar-refractivity contribution in [1.29, 1.82) is 0 Å². The highest BCUT2D eigenvalue weighted by atomic mass is 16.5. The molecule has 6 heteroatoms. The SMILES string of the molecule is COc1cnc(N2CC(NC(=O)C(C)(C)C)C2)nc1. The van der Waals surface area contributed by atoms with Gasteiger partial charge in [-0.25, -0.2) is 9.97 Å². The highest BCUT2D eigenvalue weighted by molar-refractivity contribution is 5.81. The number of carbonyl (C=O) groups is 1. The van der Waals surface area contributed by atoms with Crippen molar-refractivity contribution in [1.82, 2.24) is 15.3 Å². The van der Waals surface area contributed by atoms with E-state index in [9.17, 15) is 4.79 Å². The lowest BCUT2D eigenvalue weighted by molar-refractivity contribution is -0.129. The number of hydrogen-bond donors (Lipinski definition) is 1. The molecule has 104 valence electrons. The van der Waals surface area contributed by atoms with Crippen molar-refractivity contribution in [2.75, 3.05) is 25.1 Å². The molecule has 1 N–H and O–H groups in total. The normalized spacial score (nSPS) is 15.9. The predicted octanol–water partition coefficient (Wildman–Crippen LogP) is 0.836. The third-order valence-electron chi connectivity index (χ3n) is 3.03. The summed E-state index contributed by atoms with van der Waals surface area (Å²) in [6, 6.07) is 0.178. The van der Waals surface area contributed by atoms with E-state index in [0.29, 0.717) is 11.7 Å². The topological polar surface area (TPSA) is 67.3 Å². The molecule has 0 bridgehead atoms. The van der Waals surface area contributed by atoms with Gasteiger partial charge in [-0.2, -0.15) is 0 Å². The fourth-order valence-electron chi connectivity index (χ4n) is 1.71. The Morgan fingerprint density at radius 1 is 1.37 bits per heavy atom. The van der Waals surface area contributed by atoms with Gasteiger partial charge in [0.1, 0.15) is 0 Å². The Kier molecular flexibility index (Phi) is 3.59. The molecule has 2 rings (SSSR count). The van der Waals surface area contributed by atoms with Gasteiger partial charge in [-0.15, -0.1) is 0 Å². The number of ether oxygens (including phenoxy) is 1. The lowest BCUT2D eigenvalue weighted by atomic mass is 9.94. The van der Waals surface area contributed by atoms with Gasteiger partial charge >= 0.3 is 0 Å². The van der Waals surface area contributed by atoms with Gasteiger partial charge in [-0.05, 0) is 0 Å². The lowest BCUT2D eigenvalue weighted by Crippen LogP contribution is -2.61. The van der Waals surface area contributed by atoms with Crippen LogP contribution < -0.4 is 15.0 Å². The molecule has 1 aliphatic heterocycles. The van der Waals surface area contributed by atoms with Gasteiger partial charge in [0.2, 0.25) is 11.9 Å². The summed E-state index contributed by atoms with van der Waals surface area (Å²) in [5, 5.41) is 3.02. The van der Waals surface area contributed by atoms with E-state index in [1.165, 1.54) is 0 Å². The van der Waals surface area contributed by atoms with Crippen molar-refractivity contribution in [3.05, 3.63) is 12.4 Å². The Morgan fingerprint density at radius 3 is 2.42 bits per heavy atom. The molecule has 1 aliphatic rings. The van der Waals surface area contributed by atoms with Crippen LogP contribution in [0.5, 0.6) is 5.75 Å². The largest absolute Gasteiger partial charge is 0.494 e. The van der Waals surface area contributed by atoms with Gasteiger partial charge in [0.15, 0.2) is 5.75 Å². The van der Waals surface area contributed by atoms with Gasteiger partial charge in [-0.3, -0.25) is 4.79 Å². The first-order chi connectivity index (χ1) is 8.90. The second-order valence-electron chi connectivity index (χ2n) is 5.75. The standard InChI is InChI=1S/C13H20N4O2/c1-13(2,3)11(18)16-9-7-17(8-9)12-14-5-10(19-4)6-15-12/h5-6,9H,7-8H2,1-4H3,(H,16,18). The van der Waals surface area contributed by atoms with Crippen molar-refractivity contribution in [2.45, 2.75) is 26.8 Å². The molecule has 1 aromatic rings. The Balaban J connectivity index is 1.84. The van der Waals surface area contributed by atoms with E-state index in [1.807, 2.05) is 25.7 Å². The van der Waals surface area contributed by atoms with Crippen LogP contribution in [0.3, 0.4) is 0 Å². The maximum Gasteiger partial charge on any atom is 0.225 e. The molecule has 0 atom stereocenters. The Labute approximate surface area is 113 Å². The average molecular weight is 264 g/mol. The Bertz CT molecular complexity index is 447. The average Bonchev–Trinajstić information content (AvgIpc) is 2.32. The minimum absolute atomic E-state index is 0.0767. The zero-order valence-corrected chi connectivity index (χ0v) is 11.8. The van der Waals surface area contributed by atoms with Crippen LogP contribution in [0.25, 0.3) is 0 Å². The number of hydrogen-bond acceptors (Lipinski definition) is 5. The van der Waals surface area contributed by atoms with Gasteiger partial charge in [0, 0.05) is 18.5 Å². The van der Waals surface area contributed by atoms with Crippen LogP contribution in [0.4, 0.5) is 5.95 Å². The molecule has 2 heterocycles. The number of anilines is 1. The van der Waals surface area contributed by atoms with Crippen LogP contribution in [-0.4, -0.2) is 42.1 Å². The van der Waals surface area contributed by atoms with Crippen LogP contribution in [0.2, 0.25) is 0 Å². The van der Waals surface area contributed by atoms with E-state index in [1.54, 1.807) is 19.5 Å². The summed E-state index contributed by atoms with van der Waals surface area (Å²) in [6.45, 7) is 7.21. The highest BCUT2D eigenvalue weighted by Crippen LogP contribution is 2.19. The number of nitrogens with zero attached hydrogens (tertiary/aromatic N) is 3. The fraction of sp³-hybridized carbons (Fsp3) is 0.615. The summed E-state index contributed by atoms with van der Waals surface area (Å²) in [6.07, 6.45) is 3.28. The van der Waals surface area contributed by atoms with E-state index in [2.05, 4.69) is 15.3 Å². The lowest BCUT2D eigenvalue weighted by Gasteiger charge is -2.40. The van der Waals surface area contributed by atoms with Crippen LogP contribution in [-0.2, 0) is 4.79 Å². The van der Waals surface area contributed by atoms with E-state index in [0.717, 1.165) is 13.1 Å². The molecule has 0 aromatic carbocycles. The maximum absolute atomic E-state index is 11.8. The van der Waals surface area contributed by atoms with Crippen LogP contribution in [0.15, 0.2) is 12.4 Å². The molecule has 1 amide bonds. The van der Waals surface area contributed by atoms with E-state index >= 15 is 0 Å².